The standard InChI is InChI=1S/C20H19ClFN3O6/c21-11-18(26)23-16(9-13-3-7-15(8-4-13)25(30)31)19(27)24-17(20(28)29)10-12-1-5-14(22)6-2-12/h1-8,16-17H,9-11H2,(H,23,26)(H,24,27)(H,28,29)/t16-,17-/m0/s1. The van der Waals surface area contributed by atoms with Crippen LogP contribution in [0.25, 0.3) is 0 Å². The van der Waals surface area contributed by atoms with Gasteiger partial charge in [-0.25, -0.2) is 9.18 Å². The van der Waals surface area contributed by atoms with Crippen LogP contribution in [0.5, 0.6) is 0 Å². The molecule has 0 spiro atoms. The van der Waals surface area contributed by atoms with Crippen LogP contribution in [0.15, 0.2) is 48.5 Å². The van der Waals surface area contributed by atoms with Gasteiger partial charge in [0.25, 0.3) is 5.69 Å². The summed E-state index contributed by atoms with van der Waals surface area (Å²) in [5, 5.41) is 25.0. The van der Waals surface area contributed by atoms with Crippen molar-refractivity contribution in [3.8, 4) is 0 Å². The highest BCUT2D eigenvalue weighted by Gasteiger charge is 2.27. The Morgan fingerprint density at radius 3 is 1.97 bits per heavy atom. The molecule has 2 rings (SSSR count). The van der Waals surface area contributed by atoms with E-state index in [1.54, 1.807) is 0 Å². The predicted octanol–water partition coefficient (Wildman–Crippen LogP) is 1.81. The summed E-state index contributed by atoms with van der Waals surface area (Å²) in [6.07, 6.45) is -0.148. The van der Waals surface area contributed by atoms with E-state index < -0.39 is 46.5 Å². The first-order valence-electron chi connectivity index (χ1n) is 9.06. The third-order valence-electron chi connectivity index (χ3n) is 4.33. The number of carbonyl (C=O) groups is 3. The van der Waals surface area contributed by atoms with Gasteiger partial charge in [-0.2, -0.15) is 0 Å². The van der Waals surface area contributed by atoms with Crippen LogP contribution in [-0.2, 0) is 27.2 Å². The molecule has 0 saturated heterocycles. The Hall–Kier alpha value is -3.53. The molecule has 3 N–H and O–H groups in total. The molecule has 0 radical (unpaired) electrons. The maximum atomic E-state index is 13.1. The van der Waals surface area contributed by atoms with Gasteiger partial charge >= 0.3 is 5.97 Å². The molecule has 0 unspecified atom stereocenters. The molecular weight excluding hydrogens is 433 g/mol. The van der Waals surface area contributed by atoms with Crippen molar-refractivity contribution >= 4 is 35.1 Å². The number of alkyl halides is 1. The summed E-state index contributed by atoms with van der Waals surface area (Å²) in [6.45, 7) is 0. The number of non-ortho nitro benzene ring substituents is 1. The Morgan fingerprint density at radius 1 is 0.968 bits per heavy atom. The predicted molar refractivity (Wildman–Crippen MR) is 109 cm³/mol. The third-order valence-corrected chi connectivity index (χ3v) is 4.57. The van der Waals surface area contributed by atoms with Crippen molar-refractivity contribution < 1.29 is 28.8 Å². The monoisotopic (exact) mass is 451 g/mol. The lowest BCUT2D eigenvalue weighted by Crippen LogP contribution is -2.53. The number of halogens is 2. The average molecular weight is 452 g/mol. The van der Waals surface area contributed by atoms with Crippen LogP contribution >= 0.6 is 11.6 Å². The van der Waals surface area contributed by atoms with E-state index in [4.69, 9.17) is 11.6 Å². The zero-order valence-electron chi connectivity index (χ0n) is 16.1. The molecule has 0 aromatic heterocycles. The van der Waals surface area contributed by atoms with Crippen molar-refractivity contribution in [1.82, 2.24) is 10.6 Å². The van der Waals surface area contributed by atoms with Gasteiger partial charge in [0.1, 0.15) is 23.8 Å². The molecule has 0 aliphatic carbocycles. The molecule has 0 aliphatic rings. The maximum Gasteiger partial charge on any atom is 0.326 e. The van der Waals surface area contributed by atoms with Crippen molar-refractivity contribution in [3.63, 3.8) is 0 Å². The molecule has 31 heavy (non-hydrogen) atoms. The van der Waals surface area contributed by atoms with Gasteiger partial charge in [-0.1, -0.05) is 24.3 Å². The van der Waals surface area contributed by atoms with Crippen LogP contribution < -0.4 is 10.6 Å². The summed E-state index contributed by atoms with van der Waals surface area (Å²) in [7, 11) is 0. The highest BCUT2D eigenvalue weighted by atomic mass is 35.5. The van der Waals surface area contributed by atoms with E-state index in [9.17, 15) is 34.0 Å². The minimum atomic E-state index is -1.33. The molecule has 164 valence electrons. The number of rotatable bonds is 10. The van der Waals surface area contributed by atoms with Crippen LogP contribution in [0.1, 0.15) is 11.1 Å². The van der Waals surface area contributed by atoms with Gasteiger partial charge < -0.3 is 15.7 Å². The lowest BCUT2D eigenvalue weighted by molar-refractivity contribution is -0.384. The summed E-state index contributed by atoms with van der Waals surface area (Å²) in [4.78, 5) is 46.3. The Labute approximate surface area is 181 Å². The molecule has 2 aromatic carbocycles. The lowest BCUT2D eigenvalue weighted by Gasteiger charge is -2.21. The number of nitro groups is 1. The summed E-state index contributed by atoms with van der Waals surface area (Å²) in [5.41, 5.74) is 0.858. The number of carbonyl (C=O) groups excluding carboxylic acids is 2. The minimum absolute atomic E-state index is 0.0463. The highest BCUT2D eigenvalue weighted by Crippen LogP contribution is 2.14. The van der Waals surface area contributed by atoms with Crippen molar-refractivity contribution in [2.45, 2.75) is 24.9 Å². The fourth-order valence-corrected chi connectivity index (χ4v) is 2.84. The van der Waals surface area contributed by atoms with Gasteiger partial charge in [-0.15, -0.1) is 11.6 Å². The van der Waals surface area contributed by atoms with Crippen LogP contribution in [0, 0.1) is 15.9 Å². The van der Waals surface area contributed by atoms with Crippen LogP contribution in [0.3, 0.4) is 0 Å². The van der Waals surface area contributed by atoms with E-state index in [1.165, 1.54) is 48.5 Å². The van der Waals surface area contributed by atoms with E-state index in [-0.39, 0.29) is 18.5 Å². The van der Waals surface area contributed by atoms with Gasteiger partial charge in [-0.05, 0) is 23.3 Å². The first kappa shape index (κ1) is 23.7. The van der Waals surface area contributed by atoms with Gasteiger partial charge in [0, 0.05) is 25.0 Å². The number of hydrogen-bond acceptors (Lipinski definition) is 5. The minimum Gasteiger partial charge on any atom is -0.480 e. The fraction of sp³-hybridized carbons (Fsp3) is 0.250. The summed E-state index contributed by atoms with van der Waals surface area (Å²) >= 11 is 5.49. The molecular formula is C20H19ClFN3O6. The zero-order chi connectivity index (χ0) is 23.0. The van der Waals surface area contributed by atoms with Gasteiger partial charge in [0.05, 0.1) is 4.92 Å². The van der Waals surface area contributed by atoms with E-state index in [2.05, 4.69) is 10.6 Å². The second-order valence-corrected chi connectivity index (χ2v) is 6.88. The quantitative estimate of drug-likeness (QED) is 0.286. The molecule has 0 saturated carbocycles. The van der Waals surface area contributed by atoms with Crippen molar-refractivity contribution in [1.29, 1.82) is 0 Å². The number of carboxylic acids is 1. The Kier molecular flexibility index (Phi) is 8.44. The molecule has 2 atom stereocenters. The molecule has 0 fully saturated rings. The first-order valence-corrected chi connectivity index (χ1v) is 9.59. The number of amides is 2. The highest BCUT2D eigenvalue weighted by molar-refractivity contribution is 6.27. The van der Waals surface area contributed by atoms with Crippen LogP contribution in [0.4, 0.5) is 10.1 Å². The molecule has 9 nitrogen and oxygen atoms in total. The number of benzene rings is 2. The van der Waals surface area contributed by atoms with Gasteiger partial charge in [0.15, 0.2) is 0 Å². The Bertz CT molecular complexity index is 952. The Morgan fingerprint density at radius 2 is 1.48 bits per heavy atom. The summed E-state index contributed by atoms with van der Waals surface area (Å²) in [6, 6.07) is 8.03. The molecule has 0 bridgehead atoms. The summed E-state index contributed by atoms with van der Waals surface area (Å²) in [5.74, 6) is -3.62. The number of carboxylic acid groups (broad SMARTS) is 1. The molecule has 0 aliphatic heterocycles. The smallest absolute Gasteiger partial charge is 0.326 e. The third kappa shape index (κ3) is 7.34. The second-order valence-electron chi connectivity index (χ2n) is 6.61. The lowest BCUT2D eigenvalue weighted by atomic mass is 10.0. The van der Waals surface area contributed by atoms with Crippen molar-refractivity contribution in [3.05, 3.63) is 75.6 Å². The van der Waals surface area contributed by atoms with E-state index in [1.807, 2.05) is 0 Å². The second kappa shape index (κ2) is 11.0. The molecule has 11 heteroatoms. The normalized spacial score (nSPS) is 12.5. The van der Waals surface area contributed by atoms with E-state index >= 15 is 0 Å². The Balaban J connectivity index is 2.15. The fourth-order valence-electron chi connectivity index (χ4n) is 2.76. The largest absolute Gasteiger partial charge is 0.480 e. The maximum absolute atomic E-state index is 13.1. The van der Waals surface area contributed by atoms with Crippen molar-refractivity contribution in [2.24, 2.45) is 0 Å². The van der Waals surface area contributed by atoms with Gasteiger partial charge in [0.2, 0.25) is 11.8 Å². The average Bonchev–Trinajstić information content (AvgIpc) is 2.74. The van der Waals surface area contributed by atoms with Crippen molar-refractivity contribution in [2.75, 3.05) is 5.88 Å². The SMILES string of the molecule is O=C(CCl)N[C@@H](Cc1ccc([N+](=O)[O-])cc1)C(=O)N[C@@H](Cc1ccc(F)cc1)C(=O)O. The number of nitro benzene ring substituents is 1. The number of nitrogens with one attached hydrogen (secondary N) is 2. The number of aliphatic carboxylic acids is 1. The zero-order valence-corrected chi connectivity index (χ0v) is 16.8. The first-order chi connectivity index (χ1) is 14.7. The summed E-state index contributed by atoms with van der Waals surface area (Å²) < 4.78 is 13.1. The molecule has 2 amide bonds. The van der Waals surface area contributed by atoms with Gasteiger partial charge in [-0.3, -0.25) is 19.7 Å². The molecule has 2 aromatic rings. The van der Waals surface area contributed by atoms with E-state index in [0.29, 0.717) is 11.1 Å². The number of hydrogen-bond donors (Lipinski definition) is 3. The number of nitrogens with zero attached hydrogens (tertiary/aromatic N) is 1. The topological polar surface area (TPSA) is 139 Å². The van der Waals surface area contributed by atoms with Crippen LogP contribution in [0.2, 0.25) is 0 Å². The van der Waals surface area contributed by atoms with Crippen LogP contribution in [-0.4, -0.2) is 45.8 Å². The van der Waals surface area contributed by atoms with E-state index in [0.717, 1.165) is 0 Å². The molecule has 0 heterocycles.